The predicted molar refractivity (Wildman–Crippen MR) is 103 cm³/mol. The van der Waals surface area contributed by atoms with Gasteiger partial charge in [0.1, 0.15) is 0 Å². The molecule has 0 radical (unpaired) electrons. The second kappa shape index (κ2) is 14.6. The molecule has 0 bridgehead atoms. The number of hydrogen-bond donors (Lipinski definition) is 0. The summed E-state index contributed by atoms with van der Waals surface area (Å²) in [5.41, 5.74) is 0. The molecule has 0 aliphatic rings. The van der Waals surface area contributed by atoms with Gasteiger partial charge in [-0.3, -0.25) is 0 Å². The zero-order chi connectivity index (χ0) is 16.8. The molecular formula is C22H46. The fraction of sp³-hybridized carbons (Fsp3) is 1.00. The molecule has 0 rings (SSSR count). The van der Waals surface area contributed by atoms with Crippen molar-refractivity contribution in [3.63, 3.8) is 0 Å². The first-order chi connectivity index (χ1) is 10.6. The van der Waals surface area contributed by atoms with Gasteiger partial charge in [0.2, 0.25) is 0 Å². The molecule has 0 saturated carbocycles. The van der Waals surface area contributed by atoms with E-state index in [0.29, 0.717) is 0 Å². The van der Waals surface area contributed by atoms with Gasteiger partial charge in [-0.05, 0) is 30.1 Å². The average Bonchev–Trinajstić information content (AvgIpc) is 2.51. The number of hydrogen-bond acceptors (Lipinski definition) is 0. The normalized spacial score (nSPS) is 17.2. The van der Waals surface area contributed by atoms with Crippen molar-refractivity contribution < 1.29 is 0 Å². The van der Waals surface area contributed by atoms with Crippen molar-refractivity contribution in [3.8, 4) is 0 Å². The average molecular weight is 311 g/mol. The van der Waals surface area contributed by atoms with Crippen molar-refractivity contribution in [3.05, 3.63) is 0 Å². The van der Waals surface area contributed by atoms with Crippen LogP contribution in [0, 0.1) is 23.7 Å². The Balaban J connectivity index is 3.92. The summed E-state index contributed by atoms with van der Waals surface area (Å²) in [6, 6.07) is 0. The smallest absolute Gasteiger partial charge is 0.0389 e. The van der Waals surface area contributed by atoms with Crippen molar-refractivity contribution in [1.29, 1.82) is 0 Å². The number of rotatable bonds is 15. The lowest BCUT2D eigenvalue weighted by Gasteiger charge is -2.26. The van der Waals surface area contributed by atoms with Gasteiger partial charge in [0, 0.05) is 0 Å². The molecule has 0 saturated heterocycles. The van der Waals surface area contributed by atoms with Gasteiger partial charge in [0.25, 0.3) is 0 Å². The molecule has 0 aliphatic heterocycles. The van der Waals surface area contributed by atoms with E-state index in [-0.39, 0.29) is 0 Å². The van der Waals surface area contributed by atoms with Crippen LogP contribution in [0.2, 0.25) is 0 Å². The molecule has 0 spiro atoms. The van der Waals surface area contributed by atoms with Gasteiger partial charge in [-0.15, -0.1) is 0 Å². The highest BCUT2D eigenvalue weighted by Crippen LogP contribution is 2.30. The van der Waals surface area contributed by atoms with Crippen LogP contribution in [0.3, 0.4) is 0 Å². The molecule has 0 aromatic rings. The summed E-state index contributed by atoms with van der Waals surface area (Å²) in [7, 11) is 0. The number of unbranched alkanes of at least 4 members (excludes halogenated alkanes) is 2. The Morgan fingerprint density at radius 2 is 1.32 bits per heavy atom. The van der Waals surface area contributed by atoms with E-state index in [2.05, 4.69) is 41.5 Å². The molecule has 0 aromatic heterocycles. The third-order valence-electron chi connectivity index (χ3n) is 5.88. The van der Waals surface area contributed by atoms with Crippen molar-refractivity contribution in [2.45, 2.75) is 119 Å². The first-order valence-electron chi connectivity index (χ1n) is 10.6. The highest BCUT2D eigenvalue weighted by atomic mass is 14.2. The largest absolute Gasteiger partial charge is 0.0654 e. The van der Waals surface area contributed by atoms with Crippen molar-refractivity contribution in [1.82, 2.24) is 0 Å². The van der Waals surface area contributed by atoms with Gasteiger partial charge in [-0.2, -0.15) is 0 Å². The topological polar surface area (TPSA) is 0 Å². The summed E-state index contributed by atoms with van der Waals surface area (Å²) in [6.45, 7) is 14.4. The van der Waals surface area contributed by atoms with Gasteiger partial charge in [0.05, 0.1) is 0 Å². The van der Waals surface area contributed by atoms with Crippen LogP contribution < -0.4 is 0 Å². The fourth-order valence-corrected chi connectivity index (χ4v) is 4.12. The SMILES string of the molecule is CCCCCC(CC)CCCC(C)CC(CC)C(C)CCC. The van der Waals surface area contributed by atoms with Crippen LogP contribution in [-0.4, -0.2) is 0 Å². The van der Waals surface area contributed by atoms with E-state index in [4.69, 9.17) is 0 Å². The quantitative estimate of drug-likeness (QED) is 0.267. The van der Waals surface area contributed by atoms with E-state index in [0.717, 1.165) is 23.7 Å². The zero-order valence-electron chi connectivity index (χ0n) is 16.8. The molecule has 0 aliphatic carbocycles. The first-order valence-corrected chi connectivity index (χ1v) is 10.6. The van der Waals surface area contributed by atoms with Crippen molar-refractivity contribution in [2.75, 3.05) is 0 Å². The molecule has 0 N–H and O–H groups in total. The molecule has 4 unspecified atom stereocenters. The second-order valence-corrected chi connectivity index (χ2v) is 7.98. The third kappa shape index (κ3) is 10.7. The molecular weight excluding hydrogens is 264 g/mol. The maximum absolute atomic E-state index is 2.50. The minimum Gasteiger partial charge on any atom is -0.0654 e. The standard InChI is InChI=1S/C22H46/c1-7-11-12-16-21(9-3)17-13-15-19(5)18-22(10-4)20(6)14-8-2/h19-22H,7-18H2,1-6H3. The van der Waals surface area contributed by atoms with E-state index in [9.17, 15) is 0 Å². The lowest BCUT2D eigenvalue weighted by Crippen LogP contribution is -2.14. The maximum atomic E-state index is 2.50. The Kier molecular flexibility index (Phi) is 14.6. The van der Waals surface area contributed by atoms with Crippen LogP contribution in [0.15, 0.2) is 0 Å². The van der Waals surface area contributed by atoms with Gasteiger partial charge >= 0.3 is 0 Å². The Morgan fingerprint density at radius 1 is 0.636 bits per heavy atom. The van der Waals surface area contributed by atoms with E-state index in [1.165, 1.54) is 77.0 Å². The van der Waals surface area contributed by atoms with Crippen LogP contribution in [0.1, 0.15) is 119 Å². The molecule has 22 heavy (non-hydrogen) atoms. The summed E-state index contributed by atoms with van der Waals surface area (Å²) in [5, 5.41) is 0. The molecule has 0 aromatic carbocycles. The Hall–Kier alpha value is 0. The molecule has 0 heterocycles. The molecule has 0 amide bonds. The monoisotopic (exact) mass is 310 g/mol. The summed E-state index contributed by atoms with van der Waals surface area (Å²) in [5.74, 6) is 3.81. The third-order valence-corrected chi connectivity index (χ3v) is 5.88. The van der Waals surface area contributed by atoms with E-state index in [1.807, 2.05) is 0 Å². The highest BCUT2D eigenvalue weighted by Gasteiger charge is 2.18. The second-order valence-electron chi connectivity index (χ2n) is 7.98. The van der Waals surface area contributed by atoms with E-state index in [1.54, 1.807) is 0 Å². The summed E-state index contributed by atoms with van der Waals surface area (Å²) in [6.07, 6.45) is 17.1. The van der Waals surface area contributed by atoms with Gasteiger partial charge < -0.3 is 0 Å². The summed E-state index contributed by atoms with van der Waals surface area (Å²) in [4.78, 5) is 0. The van der Waals surface area contributed by atoms with Gasteiger partial charge in [-0.1, -0.05) is 112 Å². The van der Waals surface area contributed by atoms with Crippen molar-refractivity contribution >= 4 is 0 Å². The Bertz CT molecular complexity index is 220. The lowest BCUT2D eigenvalue weighted by molar-refractivity contribution is 0.256. The first kappa shape index (κ1) is 22.0. The Morgan fingerprint density at radius 3 is 1.86 bits per heavy atom. The maximum Gasteiger partial charge on any atom is -0.0389 e. The molecule has 0 heteroatoms. The predicted octanol–water partition coefficient (Wildman–Crippen LogP) is 8.25. The summed E-state index contributed by atoms with van der Waals surface area (Å²) >= 11 is 0. The fourth-order valence-electron chi connectivity index (χ4n) is 4.12. The summed E-state index contributed by atoms with van der Waals surface area (Å²) < 4.78 is 0. The molecule has 134 valence electrons. The van der Waals surface area contributed by atoms with Crippen LogP contribution in [0.4, 0.5) is 0 Å². The van der Waals surface area contributed by atoms with Crippen LogP contribution in [0.5, 0.6) is 0 Å². The van der Waals surface area contributed by atoms with Gasteiger partial charge in [0.15, 0.2) is 0 Å². The zero-order valence-corrected chi connectivity index (χ0v) is 16.8. The molecule has 4 atom stereocenters. The van der Waals surface area contributed by atoms with Crippen LogP contribution in [0.25, 0.3) is 0 Å². The molecule has 0 nitrogen and oxygen atoms in total. The minimum absolute atomic E-state index is 0.926. The highest BCUT2D eigenvalue weighted by molar-refractivity contribution is 4.69. The van der Waals surface area contributed by atoms with Gasteiger partial charge in [-0.25, -0.2) is 0 Å². The minimum atomic E-state index is 0.926. The van der Waals surface area contributed by atoms with Crippen LogP contribution >= 0.6 is 0 Å². The lowest BCUT2D eigenvalue weighted by atomic mass is 9.80. The van der Waals surface area contributed by atoms with E-state index >= 15 is 0 Å². The Labute approximate surface area is 142 Å². The van der Waals surface area contributed by atoms with Crippen LogP contribution in [-0.2, 0) is 0 Å². The molecule has 0 fully saturated rings. The van der Waals surface area contributed by atoms with E-state index < -0.39 is 0 Å². The van der Waals surface area contributed by atoms with Crippen molar-refractivity contribution in [2.24, 2.45) is 23.7 Å².